The number of aliphatic hydroxyl groups excluding tert-OH is 1. The minimum Gasteiger partial charge on any atom is -0.395 e. The highest BCUT2D eigenvalue weighted by molar-refractivity contribution is 7.12. The predicted octanol–water partition coefficient (Wildman–Crippen LogP) is 2.22. The average Bonchev–Trinajstić information content (AvgIpc) is 3.08. The van der Waals surface area contributed by atoms with Crippen LogP contribution in [0.25, 0.3) is 0 Å². The summed E-state index contributed by atoms with van der Waals surface area (Å²) in [7, 11) is 0. The number of thiazole rings is 1. The van der Waals surface area contributed by atoms with Crippen LogP contribution in [0.1, 0.15) is 32.4 Å². The van der Waals surface area contributed by atoms with E-state index in [2.05, 4.69) is 22.1 Å². The van der Waals surface area contributed by atoms with E-state index in [1.165, 1.54) is 11.3 Å². The fourth-order valence-corrected chi connectivity index (χ4v) is 3.22. The van der Waals surface area contributed by atoms with Crippen LogP contribution in [0.15, 0.2) is 16.8 Å². The van der Waals surface area contributed by atoms with Gasteiger partial charge in [-0.2, -0.15) is 0 Å². The van der Waals surface area contributed by atoms with Gasteiger partial charge in [0.15, 0.2) is 0 Å². The Balaban J connectivity index is 1.89. The summed E-state index contributed by atoms with van der Waals surface area (Å²) in [6.45, 7) is 2.56. The van der Waals surface area contributed by atoms with Crippen LogP contribution < -0.4 is 5.32 Å². The molecule has 0 radical (unpaired) electrons. The monoisotopic (exact) mass is 320 g/mol. The molecule has 0 spiro atoms. The first-order chi connectivity index (χ1) is 10.2. The smallest absolute Gasteiger partial charge is 0.262 e. The highest BCUT2D eigenvalue weighted by Gasteiger charge is 2.11. The van der Waals surface area contributed by atoms with E-state index in [1.807, 2.05) is 23.8 Å². The number of hydrogen-bond acceptors (Lipinski definition) is 5. The standard InChI is InChI=1S/C15H16N2O2S2/c1-11-10-21-13(17-11)5-7-16-15(19)14-12(6-9-20-14)4-2-3-8-18/h6,9-10,18H,3,5,7-8H2,1H3,(H,16,19). The normalized spacial score (nSPS) is 10.0. The summed E-state index contributed by atoms with van der Waals surface area (Å²) in [5.41, 5.74) is 1.73. The van der Waals surface area contributed by atoms with Crippen molar-refractivity contribution in [2.75, 3.05) is 13.2 Å². The van der Waals surface area contributed by atoms with Crippen molar-refractivity contribution in [3.63, 3.8) is 0 Å². The number of carbonyl (C=O) groups is 1. The molecule has 0 bridgehead atoms. The van der Waals surface area contributed by atoms with E-state index in [4.69, 9.17) is 5.11 Å². The molecule has 21 heavy (non-hydrogen) atoms. The third-order valence-electron chi connectivity index (χ3n) is 2.62. The minimum absolute atomic E-state index is 0.0336. The molecule has 6 heteroatoms. The Morgan fingerprint density at radius 1 is 1.48 bits per heavy atom. The highest BCUT2D eigenvalue weighted by atomic mass is 32.1. The SMILES string of the molecule is Cc1csc(CCNC(=O)c2sccc2C#CCCO)n1. The first-order valence-corrected chi connectivity index (χ1v) is 8.33. The first kappa shape index (κ1) is 15.7. The third-order valence-corrected chi connectivity index (χ3v) is 4.56. The van der Waals surface area contributed by atoms with Crippen LogP contribution in [-0.4, -0.2) is 29.1 Å². The second-order valence-electron chi connectivity index (χ2n) is 4.33. The second-order valence-corrected chi connectivity index (χ2v) is 6.19. The molecule has 0 aliphatic rings. The quantitative estimate of drug-likeness (QED) is 0.831. The Bertz CT molecular complexity index is 665. The number of amides is 1. The van der Waals surface area contributed by atoms with Gasteiger partial charge in [0.05, 0.1) is 11.6 Å². The number of nitrogens with one attached hydrogen (secondary N) is 1. The van der Waals surface area contributed by atoms with Gasteiger partial charge in [0.1, 0.15) is 4.88 Å². The molecule has 0 atom stereocenters. The molecule has 0 aromatic carbocycles. The molecule has 110 valence electrons. The van der Waals surface area contributed by atoms with Crippen molar-refractivity contribution in [1.29, 1.82) is 0 Å². The van der Waals surface area contributed by atoms with Crippen LogP contribution in [0.3, 0.4) is 0 Å². The number of carbonyl (C=O) groups excluding carboxylic acids is 1. The topological polar surface area (TPSA) is 62.2 Å². The van der Waals surface area contributed by atoms with Crippen LogP contribution in [-0.2, 0) is 6.42 Å². The predicted molar refractivity (Wildman–Crippen MR) is 85.8 cm³/mol. The van der Waals surface area contributed by atoms with Crippen molar-refractivity contribution in [3.8, 4) is 11.8 Å². The average molecular weight is 320 g/mol. The Labute approximate surface area is 131 Å². The van der Waals surface area contributed by atoms with Crippen molar-refractivity contribution in [2.45, 2.75) is 19.8 Å². The molecule has 0 unspecified atom stereocenters. The fraction of sp³-hybridized carbons (Fsp3) is 0.333. The third kappa shape index (κ3) is 4.67. The van der Waals surface area contributed by atoms with E-state index in [9.17, 15) is 4.79 Å². The van der Waals surface area contributed by atoms with Crippen molar-refractivity contribution in [3.05, 3.63) is 38.0 Å². The number of aromatic nitrogens is 1. The maximum absolute atomic E-state index is 12.1. The zero-order valence-electron chi connectivity index (χ0n) is 11.7. The van der Waals surface area contributed by atoms with E-state index in [0.717, 1.165) is 22.7 Å². The van der Waals surface area contributed by atoms with Gasteiger partial charge in [-0.25, -0.2) is 4.98 Å². The summed E-state index contributed by atoms with van der Waals surface area (Å²) in [4.78, 5) is 17.1. The van der Waals surface area contributed by atoms with Gasteiger partial charge in [-0.1, -0.05) is 11.8 Å². The summed E-state index contributed by atoms with van der Waals surface area (Å²) >= 11 is 2.99. The molecule has 0 aliphatic carbocycles. The van der Waals surface area contributed by atoms with Gasteiger partial charge in [0.2, 0.25) is 0 Å². The Morgan fingerprint density at radius 3 is 3.05 bits per heavy atom. The molecule has 2 aromatic heterocycles. The van der Waals surface area contributed by atoms with Gasteiger partial charge in [-0.15, -0.1) is 22.7 Å². The van der Waals surface area contributed by atoms with Gasteiger partial charge in [0, 0.05) is 36.0 Å². The van der Waals surface area contributed by atoms with Gasteiger partial charge in [0.25, 0.3) is 5.91 Å². The largest absolute Gasteiger partial charge is 0.395 e. The van der Waals surface area contributed by atoms with Crippen LogP contribution in [0, 0.1) is 18.8 Å². The molecule has 0 saturated carbocycles. The molecule has 4 nitrogen and oxygen atoms in total. The van der Waals surface area contributed by atoms with Crippen LogP contribution in [0.4, 0.5) is 0 Å². The van der Waals surface area contributed by atoms with Crippen molar-refractivity contribution in [2.24, 2.45) is 0 Å². The molecule has 0 fully saturated rings. The van der Waals surface area contributed by atoms with E-state index in [-0.39, 0.29) is 12.5 Å². The van der Waals surface area contributed by atoms with E-state index < -0.39 is 0 Å². The van der Waals surface area contributed by atoms with Gasteiger partial charge >= 0.3 is 0 Å². The Hall–Kier alpha value is -1.68. The molecule has 1 amide bonds. The van der Waals surface area contributed by atoms with Gasteiger partial charge in [-0.3, -0.25) is 4.79 Å². The lowest BCUT2D eigenvalue weighted by Gasteiger charge is -2.02. The minimum atomic E-state index is -0.105. The number of hydrogen-bond donors (Lipinski definition) is 2. The summed E-state index contributed by atoms with van der Waals surface area (Å²) < 4.78 is 0. The molecule has 2 heterocycles. The van der Waals surface area contributed by atoms with Gasteiger partial charge in [-0.05, 0) is 18.4 Å². The molecular weight excluding hydrogens is 304 g/mol. The van der Waals surface area contributed by atoms with Crippen molar-refractivity contribution < 1.29 is 9.90 Å². The van der Waals surface area contributed by atoms with E-state index >= 15 is 0 Å². The molecule has 2 rings (SSSR count). The van der Waals surface area contributed by atoms with Gasteiger partial charge < -0.3 is 10.4 Å². The molecule has 2 N–H and O–H groups in total. The van der Waals surface area contributed by atoms with Crippen LogP contribution in [0.5, 0.6) is 0 Å². The zero-order chi connectivity index (χ0) is 15.1. The molecule has 0 saturated heterocycles. The lowest BCUT2D eigenvalue weighted by molar-refractivity contribution is 0.0958. The Morgan fingerprint density at radius 2 is 2.33 bits per heavy atom. The van der Waals surface area contributed by atoms with Crippen LogP contribution in [0.2, 0.25) is 0 Å². The molecule has 2 aromatic rings. The second kappa shape index (κ2) is 7.93. The number of aryl methyl sites for hydroxylation is 1. The summed E-state index contributed by atoms with van der Waals surface area (Å²) in [5, 5.41) is 16.5. The van der Waals surface area contributed by atoms with Crippen molar-refractivity contribution in [1.82, 2.24) is 10.3 Å². The number of nitrogens with zero attached hydrogens (tertiary/aromatic N) is 1. The lowest BCUT2D eigenvalue weighted by atomic mass is 10.2. The number of thiophene rings is 1. The fourth-order valence-electron chi connectivity index (χ4n) is 1.68. The van der Waals surface area contributed by atoms with Crippen molar-refractivity contribution >= 4 is 28.6 Å². The van der Waals surface area contributed by atoms with E-state index in [1.54, 1.807) is 11.3 Å². The summed E-state index contributed by atoms with van der Waals surface area (Å²) in [6.07, 6.45) is 1.15. The molecular formula is C15H16N2O2S2. The maximum Gasteiger partial charge on any atom is 0.262 e. The zero-order valence-corrected chi connectivity index (χ0v) is 13.3. The summed E-state index contributed by atoms with van der Waals surface area (Å²) in [6, 6.07) is 1.83. The van der Waals surface area contributed by atoms with Crippen LogP contribution >= 0.6 is 22.7 Å². The number of aliphatic hydroxyl groups is 1. The molecule has 0 aliphatic heterocycles. The summed E-state index contributed by atoms with van der Waals surface area (Å²) in [5.74, 6) is 5.65. The Kier molecular flexibility index (Phi) is 5.93. The lowest BCUT2D eigenvalue weighted by Crippen LogP contribution is -2.25. The highest BCUT2D eigenvalue weighted by Crippen LogP contribution is 2.16. The first-order valence-electron chi connectivity index (χ1n) is 6.57. The maximum atomic E-state index is 12.1. The van der Waals surface area contributed by atoms with E-state index in [0.29, 0.717) is 17.8 Å². The number of rotatable bonds is 5.